The molecule has 0 aliphatic carbocycles. The molecule has 1 aromatic rings. The second-order valence-electron chi connectivity index (χ2n) is 1.02. The molecule has 1 heterocycles. The summed E-state index contributed by atoms with van der Waals surface area (Å²) in [7, 11) is 1.50. The van der Waals surface area contributed by atoms with Gasteiger partial charge in [0.1, 0.15) is 0 Å². The van der Waals surface area contributed by atoms with Crippen molar-refractivity contribution in [1.29, 1.82) is 0 Å². The lowest BCUT2D eigenvalue weighted by molar-refractivity contribution is 1.33. The zero-order chi connectivity index (χ0) is 6.24. The van der Waals surface area contributed by atoms with Crippen LogP contribution in [0, 0.1) is 0 Å². The normalized spacial score (nSPS) is 6.75. The van der Waals surface area contributed by atoms with Gasteiger partial charge in [-0.25, -0.2) is 0 Å². The van der Waals surface area contributed by atoms with Crippen molar-refractivity contribution in [2.24, 2.45) is 5.73 Å². The van der Waals surface area contributed by atoms with Gasteiger partial charge in [-0.05, 0) is 19.2 Å². The van der Waals surface area contributed by atoms with Gasteiger partial charge >= 0.3 is 0 Å². The van der Waals surface area contributed by atoms with Gasteiger partial charge < -0.3 is 5.73 Å². The predicted molar refractivity (Wildman–Crippen MR) is 34.3 cm³/mol. The summed E-state index contributed by atoms with van der Waals surface area (Å²) in [4.78, 5) is 3.78. The van der Waals surface area contributed by atoms with Crippen LogP contribution in [-0.2, 0) is 0 Å². The number of hydrogen-bond donors (Lipinski definition) is 1. The fourth-order valence-corrected chi connectivity index (χ4v) is 0.313. The first-order chi connectivity index (χ1) is 4.00. The molecule has 0 saturated carbocycles. The Labute approximate surface area is 49.4 Å². The number of pyridine rings is 1. The van der Waals surface area contributed by atoms with E-state index in [-0.39, 0.29) is 0 Å². The maximum atomic E-state index is 4.50. The van der Waals surface area contributed by atoms with Crippen LogP contribution < -0.4 is 5.73 Å². The van der Waals surface area contributed by atoms with E-state index in [1.807, 2.05) is 18.2 Å². The first-order valence-corrected chi connectivity index (χ1v) is 2.43. The lowest BCUT2D eigenvalue weighted by atomic mass is 10.5. The Balaban J connectivity index is 0.000000222. The van der Waals surface area contributed by atoms with Crippen molar-refractivity contribution in [2.45, 2.75) is 0 Å². The van der Waals surface area contributed by atoms with Crippen LogP contribution in [0.2, 0.25) is 0 Å². The molecule has 0 aromatic carbocycles. The van der Waals surface area contributed by atoms with Crippen LogP contribution in [0.25, 0.3) is 0 Å². The first-order valence-electron chi connectivity index (χ1n) is 2.43. The van der Waals surface area contributed by atoms with Crippen molar-refractivity contribution in [3.05, 3.63) is 30.6 Å². The molecule has 1 rings (SSSR count). The van der Waals surface area contributed by atoms with E-state index in [9.17, 15) is 0 Å². The van der Waals surface area contributed by atoms with Crippen molar-refractivity contribution in [1.82, 2.24) is 4.98 Å². The molecule has 0 amide bonds. The highest BCUT2D eigenvalue weighted by molar-refractivity contribution is 4.88. The van der Waals surface area contributed by atoms with E-state index in [1.54, 1.807) is 12.4 Å². The fourth-order valence-electron chi connectivity index (χ4n) is 0.313. The molecular weight excluding hydrogens is 100 g/mol. The van der Waals surface area contributed by atoms with Gasteiger partial charge in [-0.1, -0.05) is 6.07 Å². The molecule has 0 aliphatic heterocycles. The quantitative estimate of drug-likeness (QED) is 0.532. The van der Waals surface area contributed by atoms with Crippen LogP contribution in [0.1, 0.15) is 0 Å². The van der Waals surface area contributed by atoms with E-state index in [0.717, 1.165) is 0 Å². The molecule has 1 aromatic heterocycles. The molecule has 44 valence electrons. The molecule has 2 nitrogen and oxygen atoms in total. The van der Waals surface area contributed by atoms with Crippen LogP contribution in [0.4, 0.5) is 0 Å². The van der Waals surface area contributed by atoms with Crippen LogP contribution in [0.15, 0.2) is 30.6 Å². The average molecular weight is 110 g/mol. The molecule has 0 radical (unpaired) electrons. The van der Waals surface area contributed by atoms with Crippen molar-refractivity contribution >= 4 is 0 Å². The van der Waals surface area contributed by atoms with Gasteiger partial charge in [0, 0.05) is 12.4 Å². The molecule has 0 saturated heterocycles. The second kappa shape index (κ2) is 6.11. The molecule has 0 bridgehead atoms. The number of aromatic nitrogens is 1. The van der Waals surface area contributed by atoms with E-state index in [1.165, 1.54) is 7.05 Å². The standard InChI is InChI=1S/C5H5N.CH5N/c1-2-4-6-5-3-1;1-2/h1-5H;2H2,1H3. The van der Waals surface area contributed by atoms with Crippen molar-refractivity contribution < 1.29 is 0 Å². The molecular formula is C6H10N2. The Kier molecular flexibility index (Phi) is 5.43. The third-order valence-electron chi connectivity index (χ3n) is 0.566. The summed E-state index contributed by atoms with van der Waals surface area (Å²) in [5.41, 5.74) is 4.50. The minimum Gasteiger partial charge on any atom is -0.333 e. The highest BCUT2D eigenvalue weighted by Gasteiger charge is 1.58. The average Bonchev–Trinajstić information content (AvgIpc) is 1.96. The van der Waals surface area contributed by atoms with E-state index >= 15 is 0 Å². The van der Waals surface area contributed by atoms with Gasteiger partial charge in [0.15, 0.2) is 0 Å². The largest absolute Gasteiger partial charge is 0.333 e. The Morgan fingerprint density at radius 3 is 1.62 bits per heavy atom. The smallest absolute Gasteiger partial charge is 0.0267 e. The Hall–Kier alpha value is -0.890. The summed E-state index contributed by atoms with van der Waals surface area (Å²) in [6.07, 6.45) is 3.50. The minimum atomic E-state index is 1.50. The van der Waals surface area contributed by atoms with Gasteiger partial charge in [0.25, 0.3) is 0 Å². The summed E-state index contributed by atoms with van der Waals surface area (Å²) >= 11 is 0. The Morgan fingerprint density at radius 1 is 1.00 bits per heavy atom. The summed E-state index contributed by atoms with van der Waals surface area (Å²) in [6.45, 7) is 0. The molecule has 0 fully saturated rings. The van der Waals surface area contributed by atoms with Crippen LogP contribution in [0.3, 0.4) is 0 Å². The molecule has 2 heteroatoms. The van der Waals surface area contributed by atoms with Crippen LogP contribution in [0.5, 0.6) is 0 Å². The molecule has 0 aliphatic rings. The van der Waals surface area contributed by atoms with Crippen molar-refractivity contribution in [3.63, 3.8) is 0 Å². The minimum absolute atomic E-state index is 1.50. The van der Waals surface area contributed by atoms with Gasteiger partial charge in [-0.3, -0.25) is 4.98 Å². The van der Waals surface area contributed by atoms with E-state index in [2.05, 4.69) is 10.7 Å². The van der Waals surface area contributed by atoms with Crippen molar-refractivity contribution in [3.8, 4) is 0 Å². The van der Waals surface area contributed by atoms with Crippen LogP contribution in [-0.4, -0.2) is 12.0 Å². The fraction of sp³-hybridized carbons (Fsp3) is 0.167. The van der Waals surface area contributed by atoms with Gasteiger partial charge in [0.2, 0.25) is 0 Å². The zero-order valence-corrected chi connectivity index (χ0v) is 4.91. The first kappa shape index (κ1) is 7.11. The summed E-state index contributed by atoms with van der Waals surface area (Å²) in [5, 5.41) is 0. The third kappa shape index (κ3) is 3.31. The zero-order valence-electron chi connectivity index (χ0n) is 4.91. The highest BCUT2D eigenvalue weighted by atomic mass is 14.6. The Morgan fingerprint density at radius 2 is 1.50 bits per heavy atom. The maximum absolute atomic E-state index is 4.50. The lowest BCUT2D eigenvalue weighted by Gasteiger charge is -1.70. The lowest BCUT2D eigenvalue weighted by Crippen LogP contribution is -1.69. The number of nitrogens with zero attached hydrogens (tertiary/aromatic N) is 1. The molecule has 0 atom stereocenters. The summed E-state index contributed by atoms with van der Waals surface area (Å²) < 4.78 is 0. The number of rotatable bonds is 0. The second-order valence-corrected chi connectivity index (χ2v) is 1.02. The van der Waals surface area contributed by atoms with Crippen LogP contribution >= 0.6 is 0 Å². The Bertz CT molecular complexity index is 78.5. The molecule has 8 heavy (non-hydrogen) atoms. The SMILES string of the molecule is CN.c1ccncc1. The van der Waals surface area contributed by atoms with Gasteiger partial charge in [0.05, 0.1) is 0 Å². The number of nitrogens with two attached hydrogens (primary N) is 1. The van der Waals surface area contributed by atoms with E-state index in [0.29, 0.717) is 0 Å². The van der Waals surface area contributed by atoms with Gasteiger partial charge in [-0.2, -0.15) is 0 Å². The monoisotopic (exact) mass is 110 g/mol. The summed E-state index contributed by atoms with van der Waals surface area (Å²) in [6, 6.07) is 5.72. The highest BCUT2D eigenvalue weighted by Crippen LogP contribution is 1.73. The number of hydrogen-bond acceptors (Lipinski definition) is 2. The molecule has 0 spiro atoms. The van der Waals surface area contributed by atoms with E-state index in [4.69, 9.17) is 0 Å². The topological polar surface area (TPSA) is 38.9 Å². The third-order valence-corrected chi connectivity index (χ3v) is 0.566. The maximum Gasteiger partial charge on any atom is 0.0267 e. The van der Waals surface area contributed by atoms with Crippen molar-refractivity contribution in [2.75, 3.05) is 7.05 Å². The van der Waals surface area contributed by atoms with Gasteiger partial charge in [-0.15, -0.1) is 0 Å². The molecule has 0 unspecified atom stereocenters. The molecule has 2 N–H and O–H groups in total. The summed E-state index contributed by atoms with van der Waals surface area (Å²) in [5.74, 6) is 0. The predicted octanol–water partition coefficient (Wildman–Crippen LogP) is 0.656. The van der Waals surface area contributed by atoms with E-state index < -0.39 is 0 Å².